The van der Waals surface area contributed by atoms with E-state index in [1.165, 1.54) is 0 Å². The first-order valence-electron chi connectivity index (χ1n) is 7.27. The molecule has 22 heavy (non-hydrogen) atoms. The molecule has 6 nitrogen and oxygen atoms in total. The molecule has 0 saturated heterocycles. The number of aliphatic carboxylic acids is 1. The van der Waals surface area contributed by atoms with E-state index in [9.17, 15) is 4.79 Å². The van der Waals surface area contributed by atoms with Crippen molar-refractivity contribution < 1.29 is 19.4 Å². The van der Waals surface area contributed by atoms with Gasteiger partial charge in [-0.05, 0) is 43.5 Å². The molecule has 0 saturated carbocycles. The maximum atomic E-state index is 10.4. The topological polar surface area (TPSA) is 73.6 Å². The summed E-state index contributed by atoms with van der Waals surface area (Å²) in [4.78, 5) is 14.4. The molecule has 0 radical (unpaired) electrons. The van der Waals surface area contributed by atoms with E-state index in [0.29, 0.717) is 12.4 Å². The number of carboxylic acid groups (broad SMARTS) is 1. The van der Waals surface area contributed by atoms with Crippen molar-refractivity contribution in [1.29, 1.82) is 0 Å². The number of rotatable bonds is 10. The second kappa shape index (κ2) is 8.71. The molecule has 0 bridgehead atoms. The Kier molecular flexibility index (Phi) is 6.29. The third kappa shape index (κ3) is 5.87. The number of imidazole rings is 1. The molecule has 2 rings (SSSR count). The van der Waals surface area contributed by atoms with Gasteiger partial charge < -0.3 is 19.1 Å². The molecule has 1 heterocycles. The minimum absolute atomic E-state index is 0.336. The minimum atomic E-state index is -0.990. The quantitative estimate of drug-likeness (QED) is 0.683. The van der Waals surface area contributed by atoms with Crippen LogP contribution in [0.25, 0.3) is 0 Å². The summed E-state index contributed by atoms with van der Waals surface area (Å²) in [5.41, 5.74) is 0. The highest BCUT2D eigenvalue weighted by Crippen LogP contribution is 2.17. The second-order valence-corrected chi connectivity index (χ2v) is 4.86. The Labute approximate surface area is 129 Å². The van der Waals surface area contributed by atoms with E-state index in [-0.39, 0.29) is 6.61 Å². The van der Waals surface area contributed by atoms with Crippen molar-refractivity contribution in [3.63, 3.8) is 0 Å². The molecule has 0 fully saturated rings. The van der Waals surface area contributed by atoms with Gasteiger partial charge in [0.2, 0.25) is 0 Å². The fourth-order valence-electron chi connectivity index (χ4n) is 1.96. The van der Waals surface area contributed by atoms with Crippen molar-refractivity contribution in [2.75, 3.05) is 13.2 Å². The number of hydrogen-bond donors (Lipinski definition) is 1. The van der Waals surface area contributed by atoms with Crippen LogP contribution in [0.15, 0.2) is 43.0 Å². The third-order valence-electron chi connectivity index (χ3n) is 3.07. The fourth-order valence-corrected chi connectivity index (χ4v) is 1.96. The van der Waals surface area contributed by atoms with Crippen LogP contribution in [-0.4, -0.2) is 33.8 Å². The Balaban J connectivity index is 1.57. The first-order chi connectivity index (χ1) is 10.7. The molecule has 0 aliphatic rings. The lowest BCUT2D eigenvalue weighted by molar-refractivity contribution is -0.139. The monoisotopic (exact) mass is 304 g/mol. The van der Waals surface area contributed by atoms with Gasteiger partial charge in [0, 0.05) is 18.9 Å². The minimum Gasteiger partial charge on any atom is -0.494 e. The second-order valence-electron chi connectivity index (χ2n) is 4.86. The van der Waals surface area contributed by atoms with E-state index in [1.54, 1.807) is 30.5 Å². The zero-order valence-corrected chi connectivity index (χ0v) is 12.4. The lowest BCUT2D eigenvalue weighted by Crippen LogP contribution is -2.09. The predicted molar refractivity (Wildman–Crippen MR) is 81.1 cm³/mol. The molecular weight excluding hydrogens is 284 g/mol. The number of carbonyl (C=O) groups is 1. The summed E-state index contributed by atoms with van der Waals surface area (Å²) < 4.78 is 12.8. The summed E-state index contributed by atoms with van der Waals surface area (Å²) in [5, 5.41) is 8.52. The van der Waals surface area contributed by atoms with Crippen LogP contribution in [0.1, 0.15) is 19.3 Å². The van der Waals surface area contributed by atoms with Crippen molar-refractivity contribution in [2.45, 2.75) is 25.8 Å². The predicted octanol–water partition coefficient (Wildman–Crippen LogP) is 2.60. The first kappa shape index (κ1) is 15.9. The van der Waals surface area contributed by atoms with Crippen molar-refractivity contribution in [3.05, 3.63) is 43.0 Å². The van der Waals surface area contributed by atoms with Crippen LogP contribution in [0.4, 0.5) is 0 Å². The van der Waals surface area contributed by atoms with Crippen molar-refractivity contribution in [3.8, 4) is 11.5 Å². The molecule has 0 atom stereocenters. The molecule has 6 heteroatoms. The van der Waals surface area contributed by atoms with E-state index in [0.717, 1.165) is 31.6 Å². The van der Waals surface area contributed by atoms with Gasteiger partial charge in [-0.1, -0.05) is 0 Å². The standard InChI is InChI=1S/C16H20N2O4/c19-16(20)12-22-15-6-4-14(5-7-15)21-11-3-1-2-9-18-10-8-17-13-18/h4-8,10,13H,1-3,9,11-12H2,(H,19,20). The van der Waals surface area contributed by atoms with Crippen molar-refractivity contribution >= 4 is 5.97 Å². The lowest BCUT2D eigenvalue weighted by atomic mass is 10.2. The molecule has 0 spiro atoms. The average Bonchev–Trinajstić information content (AvgIpc) is 3.03. The van der Waals surface area contributed by atoms with E-state index in [4.69, 9.17) is 14.6 Å². The van der Waals surface area contributed by atoms with Crippen LogP contribution in [0, 0.1) is 0 Å². The highest BCUT2D eigenvalue weighted by Gasteiger charge is 2.00. The van der Waals surface area contributed by atoms with E-state index in [1.807, 2.05) is 12.5 Å². The Morgan fingerprint density at radius 2 is 1.82 bits per heavy atom. The highest BCUT2D eigenvalue weighted by atomic mass is 16.5. The summed E-state index contributed by atoms with van der Waals surface area (Å²) in [7, 11) is 0. The van der Waals surface area contributed by atoms with Crippen LogP contribution in [0.2, 0.25) is 0 Å². The summed E-state index contributed by atoms with van der Waals surface area (Å²) in [6, 6.07) is 6.97. The van der Waals surface area contributed by atoms with Gasteiger partial charge in [0.05, 0.1) is 12.9 Å². The van der Waals surface area contributed by atoms with Crippen LogP contribution in [-0.2, 0) is 11.3 Å². The molecule has 1 N–H and O–H groups in total. The van der Waals surface area contributed by atoms with Gasteiger partial charge in [-0.3, -0.25) is 0 Å². The maximum Gasteiger partial charge on any atom is 0.341 e. The number of unbranched alkanes of at least 4 members (excludes halogenated alkanes) is 2. The average molecular weight is 304 g/mol. The Morgan fingerprint density at radius 3 is 2.45 bits per heavy atom. The van der Waals surface area contributed by atoms with Gasteiger partial charge in [-0.2, -0.15) is 0 Å². The van der Waals surface area contributed by atoms with Crippen LogP contribution in [0.5, 0.6) is 11.5 Å². The molecule has 1 aromatic heterocycles. The molecule has 0 aliphatic heterocycles. The highest BCUT2D eigenvalue weighted by molar-refractivity contribution is 5.68. The number of nitrogens with zero attached hydrogens (tertiary/aromatic N) is 2. The molecule has 0 aliphatic carbocycles. The largest absolute Gasteiger partial charge is 0.494 e. The number of ether oxygens (including phenoxy) is 2. The summed E-state index contributed by atoms with van der Waals surface area (Å²) in [6.45, 7) is 1.31. The summed E-state index contributed by atoms with van der Waals surface area (Å²) in [5.74, 6) is 0.295. The first-order valence-corrected chi connectivity index (χ1v) is 7.27. The Hall–Kier alpha value is -2.50. The maximum absolute atomic E-state index is 10.4. The third-order valence-corrected chi connectivity index (χ3v) is 3.07. The molecule has 118 valence electrons. The van der Waals surface area contributed by atoms with Crippen molar-refractivity contribution in [1.82, 2.24) is 9.55 Å². The normalized spacial score (nSPS) is 10.4. The van der Waals surface area contributed by atoms with Gasteiger partial charge in [-0.25, -0.2) is 9.78 Å². The fraction of sp³-hybridized carbons (Fsp3) is 0.375. The van der Waals surface area contributed by atoms with Crippen molar-refractivity contribution in [2.24, 2.45) is 0 Å². The van der Waals surface area contributed by atoms with E-state index < -0.39 is 5.97 Å². The Morgan fingerprint density at radius 1 is 1.09 bits per heavy atom. The van der Waals surface area contributed by atoms with E-state index >= 15 is 0 Å². The summed E-state index contributed by atoms with van der Waals surface area (Å²) in [6.07, 6.45) is 8.76. The van der Waals surface area contributed by atoms with Gasteiger partial charge in [0.25, 0.3) is 0 Å². The Bertz CT molecular complexity index is 552. The zero-order valence-electron chi connectivity index (χ0n) is 12.4. The zero-order chi connectivity index (χ0) is 15.6. The molecular formula is C16H20N2O4. The van der Waals surface area contributed by atoms with Gasteiger partial charge in [0.1, 0.15) is 11.5 Å². The van der Waals surface area contributed by atoms with Gasteiger partial charge in [-0.15, -0.1) is 0 Å². The number of aromatic nitrogens is 2. The van der Waals surface area contributed by atoms with Crippen LogP contribution >= 0.6 is 0 Å². The number of hydrogen-bond acceptors (Lipinski definition) is 4. The smallest absolute Gasteiger partial charge is 0.341 e. The molecule has 2 aromatic rings. The molecule has 1 aromatic carbocycles. The molecule has 0 amide bonds. The van der Waals surface area contributed by atoms with Crippen LogP contribution < -0.4 is 9.47 Å². The summed E-state index contributed by atoms with van der Waals surface area (Å²) >= 11 is 0. The van der Waals surface area contributed by atoms with Gasteiger partial charge in [0.15, 0.2) is 6.61 Å². The van der Waals surface area contributed by atoms with Crippen LogP contribution in [0.3, 0.4) is 0 Å². The van der Waals surface area contributed by atoms with Gasteiger partial charge >= 0.3 is 5.97 Å². The number of aryl methyl sites for hydroxylation is 1. The lowest BCUT2D eigenvalue weighted by Gasteiger charge is -2.08. The molecule has 0 unspecified atom stereocenters. The SMILES string of the molecule is O=C(O)COc1ccc(OCCCCCn2ccnc2)cc1. The number of carboxylic acids is 1. The van der Waals surface area contributed by atoms with E-state index in [2.05, 4.69) is 9.55 Å². The number of benzene rings is 1.